The topological polar surface area (TPSA) is 98.2 Å². The van der Waals surface area contributed by atoms with E-state index in [1.165, 1.54) is 19.1 Å². The number of sulfonamides is 1. The first-order valence-electron chi connectivity index (χ1n) is 5.30. The molecule has 0 spiro atoms. The maximum Gasteiger partial charge on any atom is 0.257 e. The van der Waals surface area contributed by atoms with Gasteiger partial charge in [-0.15, -0.1) is 0 Å². The lowest BCUT2D eigenvalue weighted by molar-refractivity contribution is 0.607. The molecule has 1 aromatic carbocycles. The molecule has 0 atom stereocenters. The summed E-state index contributed by atoms with van der Waals surface area (Å²) in [6.45, 7) is 3.18. The van der Waals surface area contributed by atoms with Crippen LogP contribution in [0, 0.1) is 0 Å². The van der Waals surface area contributed by atoms with E-state index in [2.05, 4.69) is 4.72 Å². The summed E-state index contributed by atoms with van der Waals surface area (Å²) in [6, 6.07) is 6.45. The van der Waals surface area contributed by atoms with Crippen LogP contribution in [0.4, 0.5) is 11.4 Å². The Morgan fingerprint density at radius 3 is 2.22 bits per heavy atom. The first-order chi connectivity index (χ1) is 8.31. The Bertz CT molecular complexity index is 568. The van der Waals surface area contributed by atoms with E-state index in [0.29, 0.717) is 17.1 Å². The second-order valence-electron chi connectivity index (χ2n) is 3.92. The number of hydrogen-bond donors (Lipinski definition) is 3. The highest BCUT2D eigenvalue weighted by atomic mass is 32.2. The van der Waals surface area contributed by atoms with Crippen LogP contribution in [0.5, 0.6) is 0 Å². The molecule has 18 heavy (non-hydrogen) atoms. The normalized spacial score (nSPS) is 13.4. The van der Waals surface area contributed by atoms with Crippen molar-refractivity contribution in [1.82, 2.24) is 0 Å². The summed E-state index contributed by atoms with van der Waals surface area (Å²) in [5.74, 6) is 0. The number of nitrogens with one attached hydrogen (secondary N) is 1. The van der Waals surface area contributed by atoms with Crippen molar-refractivity contribution in [2.24, 2.45) is 5.73 Å². The average molecular weight is 267 g/mol. The van der Waals surface area contributed by atoms with Gasteiger partial charge in [-0.05, 0) is 50.3 Å². The van der Waals surface area contributed by atoms with Gasteiger partial charge >= 0.3 is 0 Å². The molecule has 0 aliphatic rings. The SMILES string of the molecule is C/C(N)=C\C=C(/C)S(=O)(=O)Nc1ccc(N)cc1. The fourth-order valence-corrected chi connectivity index (χ4v) is 1.98. The monoisotopic (exact) mass is 267 g/mol. The van der Waals surface area contributed by atoms with Crippen molar-refractivity contribution in [2.45, 2.75) is 13.8 Å². The molecule has 0 unspecified atom stereocenters. The third-order valence-electron chi connectivity index (χ3n) is 2.17. The van der Waals surface area contributed by atoms with Gasteiger partial charge in [0.15, 0.2) is 0 Å². The maximum atomic E-state index is 11.9. The quantitative estimate of drug-likeness (QED) is 0.572. The maximum absolute atomic E-state index is 11.9. The minimum atomic E-state index is -3.55. The molecule has 0 amide bonds. The first-order valence-corrected chi connectivity index (χ1v) is 6.78. The van der Waals surface area contributed by atoms with Crippen molar-refractivity contribution >= 4 is 21.4 Å². The number of nitrogen functional groups attached to an aromatic ring is 1. The van der Waals surface area contributed by atoms with Gasteiger partial charge in [0.25, 0.3) is 10.0 Å². The molecule has 0 aliphatic carbocycles. The molecule has 0 radical (unpaired) electrons. The Morgan fingerprint density at radius 2 is 1.72 bits per heavy atom. The Kier molecular flexibility index (Phi) is 4.38. The van der Waals surface area contributed by atoms with E-state index in [1.54, 1.807) is 31.2 Å². The van der Waals surface area contributed by atoms with Crippen LogP contribution in [0.25, 0.3) is 0 Å². The molecule has 5 nitrogen and oxygen atoms in total. The molecule has 0 heterocycles. The van der Waals surface area contributed by atoms with E-state index in [9.17, 15) is 8.42 Å². The zero-order valence-electron chi connectivity index (χ0n) is 10.3. The van der Waals surface area contributed by atoms with E-state index in [-0.39, 0.29) is 4.91 Å². The third kappa shape index (κ3) is 4.14. The Labute approximate surface area is 107 Å². The summed E-state index contributed by atoms with van der Waals surface area (Å²) in [7, 11) is -3.55. The molecule has 6 heteroatoms. The molecule has 5 N–H and O–H groups in total. The first kappa shape index (κ1) is 14.1. The lowest BCUT2D eigenvalue weighted by atomic mass is 10.3. The van der Waals surface area contributed by atoms with Gasteiger partial charge < -0.3 is 11.5 Å². The van der Waals surface area contributed by atoms with Gasteiger partial charge in [0.05, 0.1) is 4.91 Å². The van der Waals surface area contributed by atoms with Crippen LogP contribution < -0.4 is 16.2 Å². The zero-order chi connectivity index (χ0) is 13.8. The second-order valence-corrected chi connectivity index (χ2v) is 5.77. The summed E-state index contributed by atoms with van der Waals surface area (Å²) in [5.41, 5.74) is 12.5. The van der Waals surface area contributed by atoms with Gasteiger partial charge in [0, 0.05) is 17.1 Å². The van der Waals surface area contributed by atoms with Crippen LogP contribution in [0.2, 0.25) is 0 Å². The highest BCUT2D eigenvalue weighted by Gasteiger charge is 2.12. The number of nitrogens with two attached hydrogens (primary N) is 2. The van der Waals surface area contributed by atoms with E-state index in [0.717, 1.165) is 0 Å². The largest absolute Gasteiger partial charge is 0.402 e. The second kappa shape index (κ2) is 5.59. The van der Waals surface area contributed by atoms with Gasteiger partial charge in [-0.25, -0.2) is 8.42 Å². The van der Waals surface area contributed by atoms with Crippen LogP contribution in [0.3, 0.4) is 0 Å². The molecule has 1 rings (SSSR count). The smallest absolute Gasteiger partial charge is 0.257 e. The fraction of sp³-hybridized carbons (Fsp3) is 0.167. The third-order valence-corrected chi connectivity index (χ3v) is 3.66. The summed E-state index contributed by atoms with van der Waals surface area (Å²) in [6.07, 6.45) is 2.99. The van der Waals surface area contributed by atoms with Crippen LogP contribution >= 0.6 is 0 Å². The molecule has 0 saturated carbocycles. The van der Waals surface area contributed by atoms with Gasteiger partial charge in [-0.3, -0.25) is 4.72 Å². The van der Waals surface area contributed by atoms with Crippen molar-refractivity contribution < 1.29 is 8.42 Å². The molecule has 0 fully saturated rings. The van der Waals surface area contributed by atoms with E-state index >= 15 is 0 Å². The minimum Gasteiger partial charge on any atom is -0.402 e. The number of benzene rings is 1. The van der Waals surface area contributed by atoms with Crippen LogP contribution in [0.15, 0.2) is 47.0 Å². The van der Waals surface area contributed by atoms with Crippen LogP contribution in [-0.2, 0) is 10.0 Å². The summed E-state index contributed by atoms with van der Waals surface area (Å²) in [4.78, 5) is 0.184. The Morgan fingerprint density at radius 1 is 1.17 bits per heavy atom. The average Bonchev–Trinajstić information content (AvgIpc) is 2.28. The molecule has 98 valence electrons. The summed E-state index contributed by atoms with van der Waals surface area (Å²) < 4.78 is 26.3. The Hall–Kier alpha value is -1.95. The lowest BCUT2D eigenvalue weighted by Crippen LogP contribution is -2.13. The standard InChI is InChI=1S/C12H17N3O2S/c1-9(13)3-4-10(2)18(16,17)15-12-7-5-11(14)6-8-12/h3-8,15H,13-14H2,1-2H3/b9-3+,10-4+. The summed E-state index contributed by atoms with van der Waals surface area (Å²) in [5, 5.41) is 0. The van der Waals surface area contributed by atoms with Crippen molar-refractivity contribution in [2.75, 3.05) is 10.5 Å². The highest BCUT2D eigenvalue weighted by molar-refractivity contribution is 7.96. The number of rotatable bonds is 4. The van der Waals surface area contributed by atoms with Crippen LogP contribution in [-0.4, -0.2) is 8.42 Å². The molecule has 0 aliphatic heterocycles. The zero-order valence-corrected chi connectivity index (χ0v) is 11.2. The summed E-state index contributed by atoms with van der Waals surface area (Å²) >= 11 is 0. The predicted molar refractivity (Wildman–Crippen MR) is 75.1 cm³/mol. The molecule has 0 aromatic heterocycles. The van der Waals surface area contributed by atoms with Crippen molar-refractivity contribution in [3.63, 3.8) is 0 Å². The highest BCUT2D eigenvalue weighted by Crippen LogP contribution is 2.15. The van der Waals surface area contributed by atoms with Crippen molar-refractivity contribution in [1.29, 1.82) is 0 Å². The van der Waals surface area contributed by atoms with Crippen molar-refractivity contribution in [3.05, 3.63) is 47.0 Å². The number of anilines is 2. The molecule has 1 aromatic rings. The molecular formula is C12H17N3O2S. The van der Waals surface area contributed by atoms with E-state index in [4.69, 9.17) is 11.5 Å². The van der Waals surface area contributed by atoms with Gasteiger partial charge in [-0.2, -0.15) is 0 Å². The van der Waals surface area contributed by atoms with Gasteiger partial charge in [0.2, 0.25) is 0 Å². The van der Waals surface area contributed by atoms with E-state index in [1.807, 2.05) is 0 Å². The molecule has 0 saturated heterocycles. The molecular weight excluding hydrogens is 250 g/mol. The Balaban J connectivity index is 2.92. The number of hydrogen-bond acceptors (Lipinski definition) is 4. The lowest BCUT2D eigenvalue weighted by Gasteiger charge is -2.08. The van der Waals surface area contributed by atoms with Crippen molar-refractivity contribution in [3.8, 4) is 0 Å². The van der Waals surface area contributed by atoms with Gasteiger partial charge in [-0.1, -0.05) is 0 Å². The van der Waals surface area contributed by atoms with E-state index < -0.39 is 10.0 Å². The predicted octanol–water partition coefficient (Wildman–Crippen LogP) is 1.78. The number of allylic oxidation sites excluding steroid dienone is 4. The fourth-order valence-electron chi connectivity index (χ4n) is 1.13. The molecule has 0 bridgehead atoms. The minimum absolute atomic E-state index is 0.184. The van der Waals surface area contributed by atoms with Gasteiger partial charge in [0.1, 0.15) is 0 Å². The van der Waals surface area contributed by atoms with Crippen LogP contribution in [0.1, 0.15) is 13.8 Å².